The van der Waals surface area contributed by atoms with Crippen LogP contribution in [0.5, 0.6) is 0 Å². The van der Waals surface area contributed by atoms with Gasteiger partial charge in [0.25, 0.3) is 0 Å². The van der Waals surface area contributed by atoms with E-state index in [-0.39, 0.29) is 18.4 Å². The number of rotatable bonds is 5. The standard InChI is InChI=1S/C15H19NO6/c1-4-11-12(5-10(7-16)6-13(17)21-11)22-14(18)8-20-15(19)9(2)3/h10-12H,2,4-6,8H2,1,3H3. The molecule has 0 bridgehead atoms. The number of esters is 3. The first-order valence-corrected chi connectivity index (χ1v) is 6.98. The second-order valence-corrected chi connectivity index (χ2v) is 5.09. The van der Waals surface area contributed by atoms with Crippen LogP contribution in [0.3, 0.4) is 0 Å². The number of hydrogen-bond donors (Lipinski definition) is 0. The monoisotopic (exact) mass is 309 g/mol. The van der Waals surface area contributed by atoms with Crippen LogP contribution in [0.15, 0.2) is 12.2 Å². The van der Waals surface area contributed by atoms with Gasteiger partial charge in [0.2, 0.25) is 0 Å². The molecule has 0 spiro atoms. The van der Waals surface area contributed by atoms with Crippen LogP contribution in [-0.2, 0) is 28.6 Å². The van der Waals surface area contributed by atoms with Crippen LogP contribution in [0.25, 0.3) is 0 Å². The SMILES string of the molecule is C=C(C)C(=O)OCC(=O)OC1CC(C#N)CC(=O)OC1CC. The van der Waals surface area contributed by atoms with Crippen LogP contribution in [0.4, 0.5) is 0 Å². The number of carbonyl (C=O) groups excluding carboxylic acids is 3. The molecule has 0 aromatic rings. The summed E-state index contributed by atoms with van der Waals surface area (Å²) in [6.45, 7) is 6.09. The Morgan fingerprint density at radius 3 is 2.73 bits per heavy atom. The van der Waals surface area contributed by atoms with Gasteiger partial charge in [0.15, 0.2) is 6.61 Å². The van der Waals surface area contributed by atoms with Gasteiger partial charge in [-0.25, -0.2) is 9.59 Å². The minimum Gasteiger partial charge on any atom is -0.458 e. The lowest BCUT2D eigenvalue weighted by Crippen LogP contribution is -2.34. The third kappa shape index (κ3) is 5.20. The molecular formula is C15H19NO6. The van der Waals surface area contributed by atoms with Crippen molar-refractivity contribution in [2.45, 2.75) is 45.3 Å². The average Bonchev–Trinajstić information content (AvgIpc) is 2.63. The van der Waals surface area contributed by atoms with Gasteiger partial charge in [-0.2, -0.15) is 5.26 Å². The molecule has 1 aliphatic heterocycles. The Kier molecular flexibility index (Phi) is 6.57. The molecule has 0 aromatic heterocycles. The number of ether oxygens (including phenoxy) is 3. The molecule has 7 nitrogen and oxygen atoms in total. The first-order chi connectivity index (χ1) is 10.4. The molecular weight excluding hydrogens is 290 g/mol. The molecule has 0 saturated carbocycles. The molecule has 0 radical (unpaired) electrons. The summed E-state index contributed by atoms with van der Waals surface area (Å²) >= 11 is 0. The lowest BCUT2D eigenvalue weighted by Gasteiger charge is -2.23. The predicted molar refractivity (Wildman–Crippen MR) is 74.2 cm³/mol. The molecule has 3 atom stereocenters. The first-order valence-electron chi connectivity index (χ1n) is 6.98. The van der Waals surface area contributed by atoms with E-state index >= 15 is 0 Å². The van der Waals surface area contributed by atoms with Crippen molar-refractivity contribution < 1.29 is 28.6 Å². The van der Waals surface area contributed by atoms with E-state index in [0.29, 0.717) is 6.42 Å². The van der Waals surface area contributed by atoms with E-state index < -0.39 is 42.6 Å². The van der Waals surface area contributed by atoms with Crippen molar-refractivity contribution in [1.82, 2.24) is 0 Å². The second-order valence-electron chi connectivity index (χ2n) is 5.09. The summed E-state index contributed by atoms with van der Waals surface area (Å²) in [6.07, 6.45) is -0.691. The van der Waals surface area contributed by atoms with Crippen LogP contribution in [-0.4, -0.2) is 36.7 Å². The Bertz CT molecular complexity index is 507. The Balaban J connectivity index is 2.64. The van der Waals surface area contributed by atoms with Gasteiger partial charge < -0.3 is 14.2 Å². The fraction of sp³-hybridized carbons (Fsp3) is 0.600. The highest BCUT2D eigenvalue weighted by molar-refractivity contribution is 5.88. The fourth-order valence-corrected chi connectivity index (χ4v) is 2.03. The van der Waals surface area contributed by atoms with E-state index in [1.54, 1.807) is 6.92 Å². The van der Waals surface area contributed by atoms with Gasteiger partial charge in [0, 0.05) is 12.0 Å². The van der Waals surface area contributed by atoms with Gasteiger partial charge in [0.05, 0.1) is 18.4 Å². The van der Waals surface area contributed by atoms with Gasteiger partial charge in [-0.15, -0.1) is 0 Å². The van der Waals surface area contributed by atoms with Gasteiger partial charge in [0.1, 0.15) is 12.2 Å². The minimum absolute atomic E-state index is 0.0221. The van der Waals surface area contributed by atoms with Crippen molar-refractivity contribution in [3.05, 3.63) is 12.2 Å². The smallest absolute Gasteiger partial charge is 0.344 e. The summed E-state index contributed by atoms with van der Waals surface area (Å²) in [5, 5.41) is 9.00. The third-order valence-electron chi connectivity index (χ3n) is 3.16. The Hall–Kier alpha value is -2.36. The normalized spacial score (nSPS) is 24.4. The lowest BCUT2D eigenvalue weighted by atomic mass is 9.97. The highest BCUT2D eigenvalue weighted by Crippen LogP contribution is 2.24. The van der Waals surface area contributed by atoms with Crippen molar-refractivity contribution in [3.63, 3.8) is 0 Å². The molecule has 0 amide bonds. The maximum Gasteiger partial charge on any atom is 0.344 e. The zero-order valence-corrected chi connectivity index (χ0v) is 12.7. The summed E-state index contributed by atoms with van der Waals surface area (Å²) < 4.78 is 15.1. The predicted octanol–water partition coefficient (Wildman–Crippen LogP) is 1.27. The summed E-state index contributed by atoms with van der Waals surface area (Å²) in [4.78, 5) is 34.5. The van der Waals surface area contributed by atoms with Crippen molar-refractivity contribution >= 4 is 17.9 Å². The summed E-state index contributed by atoms with van der Waals surface area (Å²) in [6, 6.07) is 2.00. The molecule has 1 aliphatic rings. The van der Waals surface area contributed by atoms with E-state index in [9.17, 15) is 14.4 Å². The van der Waals surface area contributed by atoms with Crippen molar-refractivity contribution in [2.75, 3.05) is 6.61 Å². The van der Waals surface area contributed by atoms with Crippen LogP contribution in [0.1, 0.15) is 33.1 Å². The van der Waals surface area contributed by atoms with E-state index in [0.717, 1.165) is 0 Å². The zero-order valence-electron chi connectivity index (χ0n) is 12.7. The van der Waals surface area contributed by atoms with Crippen molar-refractivity contribution in [1.29, 1.82) is 5.26 Å². The van der Waals surface area contributed by atoms with Crippen LogP contribution in [0.2, 0.25) is 0 Å². The van der Waals surface area contributed by atoms with Crippen molar-refractivity contribution in [2.24, 2.45) is 5.92 Å². The molecule has 1 rings (SSSR count). The second kappa shape index (κ2) is 8.17. The van der Waals surface area contributed by atoms with Gasteiger partial charge in [-0.3, -0.25) is 4.79 Å². The Morgan fingerprint density at radius 1 is 1.50 bits per heavy atom. The molecule has 0 N–H and O–H groups in total. The highest BCUT2D eigenvalue weighted by Gasteiger charge is 2.35. The summed E-state index contributed by atoms with van der Waals surface area (Å²) in [5.41, 5.74) is 0.173. The number of carbonyl (C=O) groups is 3. The quantitative estimate of drug-likeness (QED) is 0.428. The number of hydrogen-bond acceptors (Lipinski definition) is 7. The molecule has 1 saturated heterocycles. The average molecular weight is 309 g/mol. The zero-order chi connectivity index (χ0) is 16.7. The summed E-state index contributed by atoms with van der Waals surface area (Å²) in [7, 11) is 0. The van der Waals surface area contributed by atoms with Gasteiger partial charge >= 0.3 is 17.9 Å². The molecule has 0 aromatic carbocycles. The minimum atomic E-state index is -0.757. The maximum atomic E-state index is 11.7. The molecule has 3 unspecified atom stereocenters. The fourth-order valence-electron chi connectivity index (χ4n) is 2.03. The van der Waals surface area contributed by atoms with Crippen LogP contribution in [0, 0.1) is 17.2 Å². The number of nitrogens with zero attached hydrogens (tertiary/aromatic N) is 1. The van der Waals surface area contributed by atoms with Crippen LogP contribution >= 0.6 is 0 Å². The Labute approximate surface area is 128 Å². The summed E-state index contributed by atoms with van der Waals surface area (Å²) in [5.74, 6) is -2.50. The molecule has 1 fully saturated rings. The molecule has 1 heterocycles. The third-order valence-corrected chi connectivity index (χ3v) is 3.16. The van der Waals surface area contributed by atoms with Crippen molar-refractivity contribution in [3.8, 4) is 6.07 Å². The maximum absolute atomic E-state index is 11.7. The largest absolute Gasteiger partial charge is 0.458 e. The van der Waals surface area contributed by atoms with Crippen LogP contribution < -0.4 is 0 Å². The van der Waals surface area contributed by atoms with Gasteiger partial charge in [-0.1, -0.05) is 13.5 Å². The number of cyclic esters (lactones) is 1. The molecule has 0 aliphatic carbocycles. The topological polar surface area (TPSA) is 103 Å². The van der Waals surface area contributed by atoms with E-state index in [4.69, 9.17) is 19.5 Å². The van der Waals surface area contributed by atoms with E-state index in [1.807, 2.05) is 6.07 Å². The molecule has 120 valence electrons. The van der Waals surface area contributed by atoms with Gasteiger partial charge in [-0.05, 0) is 13.3 Å². The highest BCUT2D eigenvalue weighted by atomic mass is 16.6. The Morgan fingerprint density at radius 2 is 2.18 bits per heavy atom. The molecule has 7 heteroatoms. The number of nitriles is 1. The molecule has 22 heavy (non-hydrogen) atoms. The lowest BCUT2D eigenvalue weighted by molar-refractivity contribution is -0.170. The first kappa shape index (κ1) is 17.7. The van der Waals surface area contributed by atoms with E-state index in [1.165, 1.54) is 6.92 Å². The van der Waals surface area contributed by atoms with E-state index in [2.05, 4.69) is 6.58 Å².